The van der Waals surface area contributed by atoms with Gasteiger partial charge >= 0.3 is 0 Å². The smallest absolute Gasteiger partial charge is 0.235 e. The van der Waals surface area contributed by atoms with Gasteiger partial charge in [-0.05, 0) is 108 Å². The standard InChI is InChI=1S/C56H42N4S/c1-36-24-28-41(34-37-25-31-45-44-19-10-13-23-51(44)61-52(45)35-37)57-56(58-54(36)40-16-6-3-7-17-40)60-49-22-12-9-20-47(49)53-50(60)33-32-46-43-18-8-11-21-48(43)59(55(46)53)42-29-26-39(27-30-42)38-14-4-2-5-15-38/h2-9,11-18,20-23,25-27,29-33,35H,10,19,24,28,34H2,1H3/b54-36-,57-41?,58-56?. The fourth-order valence-corrected chi connectivity index (χ4v) is 11.0. The van der Waals surface area contributed by atoms with E-state index in [0.29, 0.717) is 5.96 Å². The number of hydrogen-bond donors (Lipinski definition) is 0. The minimum absolute atomic E-state index is 0.700. The molecule has 0 amide bonds. The molecule has 0 saturated heterocycles. The van der Waals surface area contributed by atoms with Crippen molar-refractivity contribution in [2.45, 2.75) is 39.0 Å². The lowest BCUT2D eigenvalue weighted by Gasteiger charge is -2.17. The van der Waals surface area contributed by atoms with Gasteiger partial charge in [-0.2, -0.15) is 0 Å². The van der Waals surface area contributed by atoms with Crippen LogP contribution in [-0.4, -0.2) is 20.8 Å². The lowest BCUT2D eigenvalue weighted by atomic mass is 9.97. The van der Waals surface area contributed by atoms with Crippen LogP contribution >= 0.6 is 11.3 Å². The molecule has 7 aromatic carbocycles. The predicted octanol–water partition coefficient (Wildman–Crippen LogP) is 14.8. The monoisotopic (exact) mass is 802 g/mol. The van der Waals surface area contributed by atoms with Crippen LogP contribution in [0.25, 0.3) is 82.3 Å². The quantitative estimate of drug-likeness (QED) is 0.166. The maximum atomic E-state index is 5.65. The van der Waals surface area contributed by atoms with Gasteiger partial charge in [0, 0.05) is 54.5 Å². The summed E-state index contributed by atoms with van der Waals surface area (Å²) in [6.07, 6.45) is 9.40. The van der Waals surface area contributed by atoms with Crippen molar-refractivity contribution in [1.29, 1.82) is 0 Å². The third-order valence-electron chi connectivity index (χ3n) is 12.7. The molecule has 0 N–H and O–H groups in total. The molecule has 1 aliphatic carbocycles. The largest absolute Gasteiger partial charge is 0.309 e. The molecule has 0 atom stereocenters. The Hall–Kier alpha value is -7.08. The van der Waals surface area contributed by atoms with E-state index in [0.717, 1.165) is 65.8 Å². The summed E-state index contributed by atoms with van der Waals surface area (Å²) in [5.74, 6) is 0.700. The van der Waals surface area contributed by atoms with Crippen LogP contribution in [0.1, 0.15) is 47.8 Å². The number of benzene rings is 7. The third-order valence-corrected chi connectivity index (χ3v) is 13.9. The zero-order valence-corrected chi connectivity index (χ0v) is 34.8. The lowest BCUT2D eigenvalue weighted by Crippen LogP contribution is -2.16. The van der Waals surface area contributed by atoms with Crippen molar-refractivity contribution >= 4 is 88.5 Å². The molecule has 0 spiro atoms. The number of rotatable bonds is 5. The van der Waals surface area contributed by atoms with Gasteiger partial charge in [0.2, 0.25) is 5.96 Å². The second-order valence-corrected chi connectivity index (χ2v) is 17.5. The number of thiophene rings is 1. The van der Waals surface area contributed by atoms with Crippen LogP contribution in [0.2, 0.25) is 0 Å². The summed E-state index contributed by atoms with van der Waals surface area (Å²) in [5.41, 5.74) is 15.4. The van der Waals surface area contributed by atoms with Crippen LogP contribution in [0.4, 0.5) is 0 Å². The fourth-order valence-electron chi connectivity index (χ4n) is 9.80. The van der Waals surface area contributed by atoms with E-state index in [1.807, 2.05) is 11.3 Å². The molecule has 10 aromatic rings. The van der Waals surface area contributed by atoms with E-state index in [9.17, 15) is 0 Å². The van der Waals surface area contributed by atoms with Gasteiger partial charge in [-0.3, -0.25) is 4.57 Å². The van der Waals surface area contributed by atoms with Crippen molar-refractivity contribution in [2.24, 2.45) is 9.98 Å². The van der Waals surface area contributed by atoms with Gasteiger partial charge in [0.25, 0.3) is 0 Å². The van der Waals surface area contributed by atoms with E-state index in [4.69, 9.17) is 9.98 Å². The van der Waals surface area contributed by atoms with Crippen molar-refractivity contribution in [1.82, 2.24) is 9.13 Å². The molecule has 0 bridgehead atoms. The highest BCUT2D eigenvalue weighted by Crippen LogP contribution is 2.42. The van der Waals surface area contributed by atoms with Crippen molar-refractivity contribution in [3.05, 3.63) is 197 Å². The first-order valence-electron chi connectivity index (χ1n) is 21.4. The third kappa shape index (κ3) is 6.02. The molecule has 0 saturated carbocycles. The minimum atomic E-state index is 0.700. The number of allylic oxidation sites excluding steroid dienone is 2. The summed E-state index contributed by atoms with van der Waals surface area (Å²) in [6.45, 7) is 2.25. The van der Waals surface area contributed by atoms with E-state index in [-0.39, 0.29) is 0 Å². The van der Waals surface area contributed by atoms with Gasteiger partial charge in [-0.1, -0.05) is 133 Å². The first-order valence-corrected chi connectivity index (χ1v) is 22.2. The van der Waals surface area contributed by atoms with E-state index in [2.05, 4.69) is 192 Å². The van der Waals surface area contributed by atoms with E-state index < -0.39 is 0 Å². The predicted molar refractivity (Wildman–Crippen MR) is 261 cm³/mol. The maximum absolute atomic E-state index is 5.65. The Kier molecular flexibility index (Phi) is 8.56. The molecular formula is C56H42N4S. The van der Waals surface area contributed by atoms with Crippen LogP contribution in [-0.2, 0) is 12.8 Å². The molecule has 0 fully saturated rings. The van der Waals surface area contributed by atoms with Crippen LogP contribution in [0.15, 0.2) is 185 Å². The summed E-state index contributed by atoms with van der Waals surface area (Å²) in [6, 6.07) is 59.6. The molecule has 12 rings (SSSR count). The van der Waals surface area contributed by atoms with E-state index in [1.165, 1.54) is 75.4 Å². The average Bonchev–Trinajstić information content (AvgIpc) is 3.97. The second-order valence-electron chi connectivity index (χ2n) is 16.5. The Morgan fingerprint density at radius 1 is 0.557 bits per heavy atom. The number of fused-ring (bicyclic) bond motifs is 10. The Morgan fingerprint density at radius 2 is 1.25 bits per heavy atom. The molecule has 2 aliphatic rings. The summed E-state index contributed by atoms with van der Waals surface area (Å²) in [5, 5.41) is 6.24. The fraction of sp³-hybridized carbons (Fsp3) is 0.107. The first kappa shape index (κ1) is 35.8. The normalized spacial score (nSPS) is 15.7. The van der Waals surface area contributed by atoms with Gasteiger partial charge < -0.3 is 4.57 Å². The summed E-state index contributed by atoms with van der Waals surface area (Å²) >= 11 is 1.92. The van der Waals surface area contributed by atoms with Gasteiger partial charge in [-0.25, -0.2) is 9.98 Å². The molecule has 292 valence electrons. The number of aryl methyl sites for hydroxylation is 1. The van der Waals surface area contributed by atoms with Crippen molar-refractivity contribution in [3.63, 3.8) is 0 Å². The molecule has 1 aliphatic heterocycles. The van der Waals surface area contributed by atoms with Crippen molar-refractivity contribution < 1.29 is 0 Å². The van der Waals surface area contributed by atoms with Gasteiger partial charge in [0.1, 0.15) is 0 Å². The van der Waals surface area contributed by atoms with Crippen LogP contribution in [0, 0.1) is 0 Å². The molecule has 4 nitrogen and oxygen atoms in total. The minimum Gasteiger partial charge on any atom is -0.309 e. The molecule has 0 unspecified atom stereocenters. The molecule has 4 heterocycles. The molecule has 5 heteroatoms. The van der Waals surface area contributed by atoms with Gasteiger partial charge in [-0.15, -0.1) is 11.3 Å². The number of hydrogen-bond acceptors (Lipinski definition) is 3. The molecule has 3 aromatic heterocycles. The first-order chi connectivity index (χ1) is 30.2. The summed E-state index contributed by atoms with van der Waals surface area (Å²) in [4.78, 5) is 12.7. The van der Waals surface area contributed by atoms with E-state index >= 15 is 0 Å². The topological polar surface area (TPSA) is 34.6 Å². The molecule has 0 radical (unpaired) electrons. The Labute approximate surface area is 358 Å². The lowest BCUT2D eigenvalue weighted by molar-refractivity contribution is 0.979. The Morgan fingerprint density at radius 3 is 2.05 bits per heavy atom. The van der Waals surface area contributed by atoms with Crippen LogP contribution in [0.3, 0.4) is 0 Å². The highest BCUT2D eigenvalue weighted by Gasteiger charge is 2.24. The number of aromatic nitrogens is 2. The number of para-hydroxylation sites is 2. The van der Waals surface area contributed by atoms with Crippen molar-refractivity contribution in [3.8, 4) is 16.8 Å². The second kappa shape index (κ2) is 14.6. The van der Waals surface area contributed by atoms with Gasteiger partial charge in [0.15, 0.2) is 0 Å². The highest BCUT2D eigenvalue weighted by atomic mass is 32.1. The zero-order valence-electron chi connectivity index (χ0n) is 34.0. The van der Waals surface area contributed by atoms with Crippen LogP contribution < -0.4 is 0 Å². The Bertz CT molecular complexity index is 3480. The highest BCUT2D eigenvalue weighted by molar-refractivity contribution is 7.20. The SMILES string of the molecule is C/C1=C(\c2ccccc2)N=C(n2c3ccccc3c3c2ccc2c4ccccc4n(-c4ccc(-c5ccccc5)cc4)c23)N=C(Cc2ccc3c4c(sc3c2)C=CCC4)CC1. The maximum Gasteiger partial charge on any atom is 0.235 e. The molecule has 61 heavy (non-hydrogen) atoms. The van der Waals surface area contributed by atoms with Crippen molar-refractivity contribution in [2.75, 3.05) is 0 Å². The summed E-state index contributed by atoms with van der Waals surface area (Å²) < 4.78 is 6.16. The summed E-state index contributed by atoms with van der Waals surface area (Å²) in [7, 11) is 0. The average molecular weight is 803 g/mol. The van der Waals surface area contributed by atoms with Gasteiger partial charge in [0.05, 0.1) is 27.8 Å². The van der Waals surface area contributed by atoms with Crippen LogP contribution in [0.5, 0.6) is 0 Å². The number of aliphatic imine (C=N–C) groups is 2. The number of nitrogens with zero attached hydrogens (tertiary/aromatic N) is 4. The zero-order chi connectivity index (χ0) is 40.4. The molecular weight excluding hydrogens is 761 g/mol. The Balaban J connectivity index is 1.08. The van der Waals surface area contributed by atoms with E-state index in [1.54, 1.807) is 0 Å².